The Morgan fingerprint density at radius 2 is 1.86 bits per heavy atom. The molecule has 0 saturated carbocycles. The first-order valence-electron chi connectivity index (χ1n) is 6.99. The number of methoxy groups -OCH3 is 1. The molecular formula is C15H22F3NO2. The van der Waals surface area contributed by atoms with Crippen LogP contribution in [0.25, 0.3) is 0 Å². The standard InChI is InChI=1S/C15H22F3NO2/c1-3-12(11-19-8-9-20-2)10-13-4-6-14(7-5-13)21-15(16,17)18/h4-7,12,19H,3,8-11H2,1-2H3. The second-order valence-electron chi connectivity index (χ2n) is 4.87. The topological polar surface area (TPSA) is 30.5 Å². The predicted molar refractivity (Wildman–Crippen MR) is 75.4 cm³/mol. The minimum Gasteiger partial charge on any atom is -0.406 e. The van der Waals surface area contributed by atoms with Crippen LogP contribution in [0.1, 0.15) is 18.9 Å². The van der Waals surface area contributed by atoms with E-state index in [1.165, 1.54) is 12.1 Å². The van der Waals surface area contributed by atoms with Crippen LogP contribution in [0.4, 0.5) is 13.2 Å². The minimum absolute atomic E-state index is 0.183. The van der Waals surface area contributed by atoms with E-state index in [-0.39, 0.29) is 5.75 Å². The maximum atomic E-state index is 12.1. The van der Waals surface area contributed by atoms with Gasteiger partial charge in [0.25, 0.3) is 0 Å². The Bertz CT molecular complexity index is 393. The van der Waals surface area contributed by atoms with Crippen molar-refractivity contribution in [1.82, 2.24) is 5.32 Å². The lowest BCUT2D eigenvalue weighted by molar-refractivity contribution is -0.274. The molecule has 0 spiro atoms. The molecule has 120 valence electrons. The molecule has 0 saturated heterocycles. The van der Waals surface area contributed by atoms with Gasteiger partial charge in [-0.15, -0.1) is 13.2 Å². The van der Waals surface area contributed by atoms with Crippen molar-refractivity contribution in [3.63, 3.8) is 0 Å². The first-order valence-corrected chi connectivity index (χ1v) is 6.99. The zero-order chi connectivity index (χ0) is 15.7. The molecule has 1 rings (SSSR count). The van der Waals surface area contributed by atoms with Gasteiger partial charge < -0.3 is 14.8 Å². The molecule has 0 aliphatic carbocycles. The summed E-state index contributed by atoms with van der Waals surface area (Å²) in [6.45, 7) is 4.43. The van der Waals surface area contributed by atoms with Crippen LogP contribution in [0.15, 0.2) is 24.3 Å². The summed E-state index contributed by atoms with van der Waals surface area (Å²) in [5, 5.41) is 3.30. The highest BCUT2D eigenvalue weighted by Crippen LogP contribution is 2.23. The van der Waals surface area contributed by atoms with Gasteiger partial charge in [0.2, 0.25) is 0 Å². The summed E-state index contributed by atoms with van der Waals surface area (Å²) < 4.78 is 45.0. The molecule has 0 bridgehead atoms. The molecule has 0 aliphatic rings. The number of rotatable bonds is 9. The van der Waals surface area contributed by atoms with Gasteiger partial charge in [-0.1, -0.05) is 25.5 Å². The lowest BCUT2D eigenvalue weighted by atomic mass is 9.97. The summed E-state index contributed by atoms with van der Waals surface area (Å²) in [5.74, 6) is 0.258. The molecule has 0 fully saturated rings. The van der Waals surface area contributed by atoms with E-state index in [1.54, 1.807) is 19.2 Å². The molecule has 0 heterocycles. The zero-order valence-corrected chi connectivity index (χ0v) is 12.4. The molecular weight excluding hydrogens is 283 g/mol. The minimum atomic E-state index is -4.64. The van der Waals surface area contributed by atoms with E-state index in [0.717, 1.165) is 31.5 Å². The fourth-order valence-electron chi connectivity index (χ4n) is 2.00. The smallest absolute Gasteiger partial charge is 0.406 e. The molecule has 1 aromatic carbocycles. The van der Waals surface area contributed by atoms with Crippen molar-refractivity contribution in [2.24, 2.45) is 5.92 Å². The lowest BCUT2D eigenvalue weighted by Gasteiger charge is -2.16. The van der Waals surface area contributed by atoms with Gasteiger partial charge in [-0.3, -0.25) is 0 Å². The second kappa shape index (κ2) is 8.89. The fourth-order valence-corrected chi connectivity index (χ4v) is 2.00. The summed E-state index contributed by atoms with van der Waals surface area (Å²) in [5.41, 5.74) is 1.00. The first-order chi connectivity index (χ1) is 9.94. The van der Waals surface area contributed by atoms with Crippen molar-refractivity contribution in [2.75, 3.05) is 26.8 Å². The molecule has 1 aromatic rings. The Hall–Kier alpha value is -1.27. The highest BCUT2D eigenvalue weighted by Gasteiger charge is 2.30. The summed E-state index contributed by atoms with van der Waals surface area (Å²) in [4.78, 5) is 0. The summed E-state index contributed by atoms with van der Waals surface area (Å²) in [6.07, 6.45) is -2.82. The Labute approximate surface area is 123 Å². The van der Waals surface area contributed by atoms with Crippen molar-refractivity contribution in [1.29, 1.82) is 0 Å². The molecule has 1 unspecified atom stereocenters. The van der Waals surface area contributed by atoms with Crippen LogP contribution in [0.3, 0.4) is 0 Å². The van der Waals surface area contributed by atoms with E-state index in [1.807, 2.05) is 0 Å². The van der Waals surface area contributed by atoms with Gasteiger partial charge in [-0.05, 0) is 36.6 Å². The Morgan fingerprint density at radius 3 is 2.38 bits per heavy atom. The molecule has 3 nitrogen and oxygen atoms in total. The third kappa shape index (κ3) is 7.92. The zero-order valence-electron chi connectivity index (χ0n) is 12.4. The van der Waals surface area contributed by atoms with Gasteiger partial charge in [0, 0.05) is 13.7 Å². The van der Waals surface area contributed by atoms with Crippen LogP contribution in [-0.4, -0.2) is 33.2 Å². The SMILES string of the molecule is CCC(CNCCOC)Cc1ccc(OC(F)(F)F)cc1. The molecule has 21 heavy (non-hydrogen) atoms. The van der Waals surface area contributed by atoms with Crippen LogP contribution >= 0.6 is 0 Å². The van der Waals surface area contributed by atoms with Gasteiger partial charge >= 0.3 is 6.36 Å². The number of hydrogen-bond acceptors (Lipinski definition) is 3. The molecule has 0 amide bonds. The molecule has 0 radical (unpaired) electrons. The lowest BCUT2D eigenvalue weighted by Crippen LogP contribution is -2.27. The van der Waals surface area contributed by atoms with Gasteiger partial charge in [0.1, 0.15) is 5.75 Å². The summed E-state index contributed by atoms with van der Waals surface area (Å²) in [6, 6.07) is 6.07. The second-order valence-corrected chi connectivity index (χ2v) is 4.87. The number of alkyl halides is 3. The van der Waals surface area contributed by atoms with E-state index in [9.17, 15) is 13.2 Å². The van der Waals surface area contributed by atoms with Crippen molar-refractivity contribution in [3.8, 4) is 5.75 Å². The summed E-state index contributed by atoms with van der Waals surface area (Å²) >= 11 is 0. The Morgan fingerprint density at radius 1 is 1.19 bits per heavy atom. The molecule has 1 atom stereocenters. The van der Waals surface area contributed by atoms with Crippen LogP contribution in [0.2, 0.25) is 0 Å². The van der Waals surface area contributed by atoms with Crippen molar-refractivity contribution in [2.45, 2.75) is 26.1 Å². The average molecular weight is 305 g/mol. The average Bonchev–Trinajstić information content (AvgIpc) is 2.42. The maximum absolute atomic E-state index is 12.1. The van der Waals surface area contributed by atoms with Crippen molar-refractivity contribution < 1.29 is 22.6 Å². The molecule has 6 heteroatoms. The monoisotopic (exact) mass is 305 g/mol. The largest absolute Gasteiger partial charge is 0.573 e. The van der Waals surface area contributed by atoms with Crippen molar-refractivity contribution >= 4 is 0 Å². The van der Waals surface area contributed by atoms with Crippen LogP contribution in [0.5, 0.6) is 5.75 Å². The number of benzene rings is 1. The Balaban J connectivity index is 2.45. The highest BCUT2D eigenvalue weighted by molar-refractivity contribution is 5.27. The van der Waals surface area contributed by atoms with Gasteiger partial charge in [-0.2, -0.15) is 0 Å². The van der Waals surface area contributed by atoms with Gasteiger partial charge in [-0.25, -0.2) is 0 Å². The quantitative estimate of drug-likeness (QED) is 0.709. The third-order valence-electron chi connectivity index (χ3n) is 3.17. The van der Waals surface area contributed by atoms with E-state index in [2.05, 4.69) is 17.0 Å². The van der Waals surface area contributed by atoms with E-state index < -0.39 is 6.36 Å². The predicted octanol–water partition coefficient (Wildman–Crippen LogP) is 3.39. The van der Waals surface area contributed by atoms with Crippen molar-refractivity contribution in [3.05, 3.63) is 29.8 Å². The van der Waals surface area contributed by atoms with Gasteiger partial charge in [0.15, 0.2) is 0 Å². The van der Waals surface area contributed by atoms with E-state index in [0.29, 0.717) is 12.5 Å². The maximum Gasteiger partial charge on any atom is 0.573 e. The molecule has 1 N–H and O–H groups in total. The highest BCUT2D eigenvalue weighted by atomic mass is 19.4. The number of nitrogens with one attached hydrogen (secondary N) is 1. The molecule has 0 aliphatic heterocycles. The first kappa shape index (κ1) is 17.8. The third-order valence-corrected chi connectivity index (χ3v) is 3.17. The molecule has 0 aromatic heterocycles. The van der Waals surface area contributed by atoms with Crippen LogP contribution < -0.4 is 10.1 Å². The van der Waals surface area contributed by atoms with Crippen LogP contribution in [-0.2, 0) is 11.2 Å². The summed E-state index contributed by atoms with van der Waals surface area (Å²) in [7, 11) is 1.66. The van der Waals surface area contributed by atoms with E-state index in [4.69, 9.17) is 4.74 Å². The normalized spacial score (nSPS) is 13.2. The number of halogens is 3. The van der Waals surface area contributed by atoms with E-state index >= 15 is 0 Å². The number of ether oxygens (including phenoxy) is 2. The van der Waals surface area contributed by atoms with Gasteiger partial charge in [0.05, 0.1) is 6.61 Å². The number of hydrogen-bond donors (Lipinski definition) is 1. The Kier molecular flexibility index (Phi) is 7.53. The fraction of sp³-hybridized carbons (Fsp3) is 0.600. The van der Waals surface area contributed by atoms with Crippen LogP contribution in [0, 0.1) is 5.92 Å².